The summed E-state index contributed by atoms with van der Waals surface area (Å²) in [5.41, 5.74) is 6.82. The number of nitrogens with zero attached hydrogens (tertiary/aromatic N) is 2. The first-order valence-electron chi connectivity index (χ1n) is 12.8. The van der Waals surface area contributed by atoms with Crippen LogP contribution in [0.2, 0.25) is 0 Å². The van der Waals surface area contributed by atoms with Crippen LogP contribution in [-0.2, 0) is 13.0 Å². The molecule has 3 heterocycles. The second-order valence-electron chi connectivity index (χ2n) is 9.59. The number of rotatable bonds is 5. The molecule has 1 aliphatic heterocycles. The van der Waals surface area contributed by atoms with Gasteiger partial charge in [-0.25, -0.2) is 4.99 Å². The molecule has 7 rings (SSSR count). The van der Waals surface area contributed by atoms with Gasteiger partial charge in [0.15, 0.2) is 4.80 Å². The summed E-state index contributed by atoms with van der Waals surface area (Å²) < 4.78 is 9.44. The Kier molecular flexibility index (Phi) is 6.43. The second-order valence-corrected chi connectivity index (χ2v) is 12.4. The van der Waals surface area contributed by atoms with E-state index in [1.54, 1.807) is 11.3 Å². The zero-order valence-corrected chi connectivity index (χ0v) is 24.1. The van der Waals surface area contributed by atoms with Gasteiger partial charge in [0.05, 0.1) is 20.7 Å². The van der Waals surface area contributed by atoms with Crippen molar-refractivity contribution in [3.8, 4) is 5.75 Å². The average molecular weight is 612 g/mol. The highest BCUT2D eigenvalue weighted by atomic mass is 79.9. The number of halogens is 1. The predicted molar refractivity (Wildman–Crippen MR) is 162 cm³/mol. The Bertz CT molecular complexity index is 1900. The molecule has 0 unspecified atom stereocenters. The Hall–Kier alpha value is -3.52. The normalized spacial score (nSPS) is 16.3. The van der Waals surface area contributed by atoms with Crippen LogP contribution in [0.25, 0.3) is 11.8 Å². The number of aryl methyl sites for hydroxylation is 1. The molecular weight excluding hydrogens is 588 g/mol. The third kappa shape index (κ3) is 4.54. The van der Waals surface area contributed by atoms with E-state index in [2.05, 4.69) is 57.7 Å². The molecule has 2 aromatic heterocycles. The summed E-state index contributed by atoms with van der Waals surface area (Å²) in [6.07, 6.45) is 3.82. The van der Waals surface area contributed by atoms with Crippen LogP contribution in [-0.4, -0.2) is 4.57 Å². The van der Waals surface area contributed by atoms with Gasteiger partial charge in [-0.1, -0.05) is 78.1 Å². The third-order valence-corrected chi connectivity index (χ3v) is 9.70. The molecule has 0 bridgehead atoms. The molecule has 4 nitrogen and oxygen atoms in total. The van der Waals surface area contributed by atoms with E-state index in [9.17, 15) is 4.79 Å². The highest BCUT2D eigenvalue weighted by Crippen LogP contribution is 2.42. The van der Waals surface area contributed by atoms with Gasteiger partial charge in [-0.05, 0) is 80.7 Å². The summed E-state index contributed by atoms with van der Waals surface area (Å²) >= 11 is 6.81. The van der Waals surface area contributed by atoms with E-state index in [1.165, 1.54) is 32.9 Å². The van der Waals surface area contributed by atoms with Crippen LogP contribution in [0.15, 0.2) is 110 Å². The summed E-state index contributed by atoms with van der Waals surface area (Å²) in [5, 5.41) is 2.08. The van der Waals surface area contributed by atoms with Crippen LogP contribution in [0.4, 0.5) is 0 Å². The molecule has 0 N–H and O–H groups in total. The highest BCUT2D eigenvalue weighted by Gasteiger charge is 2.33. The standard InChI is InChI=1S/C32H23BrN2O2S2/c33-25-17-21(12-15-26(25)37-19-20-7-2-1-3-8-20)18-28-31(36)35-30(27-11-6-16-38-27)24-14-13-22-9-4-5-10-23(22)29(24)34-32(35)39-28/h1-12,15-18,30H,13-14,19H2/b28-18-/t30-/m1/s1. The quantitative estimate of drug-likeness (QED) is 0.222. The van der Waals surface area contributed by atoms with Crippen molar-refractivity contribution in [3.05, 3.63) is 147 Å². The maximum absolute atomic E-state index is 13.9. The topological polar surface area (TPSA) is 43.6 Å². The number of hydrogen-bond acceptors (Lipinski definition) is 5. The van der Waals surface area contributed by atoms with Crippen molar-refractivity contribution in [2.75, 3.05) is 0 Å². The number of thiophene rings is 1. The molecule has 0 radical (unpaired) electrons. The van der Waals surface area contributed by atoms with Gasteiger partial charge in [0.25, 0.3) is 5.56 Å². The Labute approximate surface area is 242 Å². The van der Waals surface area contributed by atoms with Gasteiger partial charge in [0, 0.05) is 10.4 Å². The van der Waals surface area contributed by atoms with Crippen molar-refractivity contribution in [2.24, 2.45) is 4.99 Å². The van der Waals surface area contributed by atoms with Gasteiger partial charge in [-0.15, -0.1) is 11.3 Å². The molecule has 0 fully saturated rings. The van der Waals surface area contributed by atoms with E-state index in [-0.39, 0.29) is 11.6 Å². The minimum absolute atomic E-state index is 0.00286. The van der Waals surface area contributed by atoms with Gasteiger partial charge in [-0.3, -0.25) is 9.36 Å². The van der Waals surface area contributed by atoms with Crippen LogP contribution in [0.1, 0.15) is 39.6 Å². The van der Waals surface area contributed by atoms with E-state index in [1.807, 2.05) is 59.2 Å². The fourth-order valence-corrected chi connectivity index (χ4v) is 7.69. The minimum atomic E-state index is -0.118. The van der Waals surface area contributed by atoms with Gasteiger partial charge < -0.3 is 4.74 Å². The van der Waals surface area contributed by atoms with Crippen LogP contribution < -0.4 is 19.6 Å². The number of thiazole rings is 1. The first-order chi connectivity index (χ1) is 19.2. The summed E-state index contributed by atoms with van der Waals surface area (Å²) in [6.45, 7) is 0.494. The molecule has 192 valence electrons. The van der Waals surface area contributed by atoms with Gasteiger partial charge >= 0.3 is 0 Å². The molecule has 1 atom stereocenters. The van der Waals surface area contributed by atoms with Crippen LogP contribution in [0.3, 0.4) is 0 Å². The number of ether oxygens (including phenoxy) is 1. The number of benzene rings is 3. The summed E-state index contributed by atoms with van der Waals surface area (Å²) in [4.78, 5) is 20.9. The lowest BCUT2D eigenvalue weighted by atomic mass is 9.85. The maximum Gasteiger partial charge on any atom is 0.271 e. The molecule has 0 amide bonds. The van der Waals surface area contributed by atoms with E-state index in [0.717, 1.165) is 44.7 Å². The van der Waals surface area contributed by atoms with E-state index < -0.39 is 0 Å². The first kappa shape index (κ1) is 24.5. The SMILES string of the molecule is O=c1/c(=C/c2ccc(OCc3ccccc3)c(Br)c2)sc2n1[C@@H](c1cccs1)C1=C(N=2)c2ccccc2CC1. The van der Waals surface area contributed by atoms with Gasteiger partial charge in [-0.2, -0.15) is 0 Å². The van der Waals surface area contributed by atoms with Crippen molar-refractivity contribution in [2.45, 2.75) is 25.5 Å². The van der Waals surface area contributed by atoms with Crippen LogP contribution in [0, 0.1) is 0 Å². The monoisotopic (exact) mass is 610 g/mol. The molecule has 5 aromatic rings. The number of fused-ring (bicyclic) bond motifs is 3. The van der Waals surface area contributed by atoms with Crippen molar-refractivity contribution in [1.82, 2.24) is 4.57 Å². The fraction of sp³-hybridized carbons (Fsp3) is 0.125. The lowest BCUT2D eigenvalue weighted by Crippen LogP contribution is -2.38. The van der Waals surface area contributed by atoms with E-state index in [4.69, 9.17) is 9.73 Å². The van der Waals surface area contributed by atoms with Crippen molar-refractivity contribution in [3.63, 3.8) is 0 Å². The molecule has 0 saturated carbocycles. The molecule has 7 heteroatoms. The molecule has 1 aliphatic carbocycles. The van der Waals surface area contributed by atoms with Crippen LogP contribution >= 0.6 is 38.6 Å². The Morgan fingerprint density at radius 1 is 1.00 bits per heavy atom. The lowest BCUT2D eigenvalue weighted by molar-refractivity contribution is 0.304. The first-order valence-corrected chi connectivity index (χ1v) is 15.3. The highest BCUT2D eigenvalue weighted by molar-refractivity contribution is 9.10. The fourth-order valence-electron chi connectivity index (χ4n) is 5.33. The summed E-state index contributed by atoms with van der Waals surface area (Å²) in [7, 11) is 0. The number of hydrogen-bond donors (Lipinski definition) is 0. The predicted octanol–water partition coefficient (Wildman–Crippen LogP) is 6.72. The summed E-state index contributed by atoms with van der Waals surface area (Å²) in [6, 6.07) is 28.6. The molecule has 39 heavy (non-hydrogen) atoms. The number of aromatic nitrogens is 1. The third-order valence-electron chi connectivity index (χ3n) is 7.18. The Morgan fingerprint density at radius 2 is 1.85 bits per heavy atom. The van der Waals surface area contributed by atoms with E-state index in [0.29, 0.717) is 11.1 Å². The molecule has 2 aliphatic rings. The summed E-state index contributed by atoms with van der Waals surface area (Å²) in [5.74, 6) is 0.765. The molecule has 0 saturated heterocycles. The maximum atomic E-state index is 13.9. The Balaban J connectivity index is 1.29. The smallest absolute Gasteiger partial charge is 0.271 e. The second kappa shape index (κ2) is 10.2. The average Bonchev–Trinajstić information content (AvgIpc) is 3.60. The lowest BCUT2D eigenvalue weighted by Gasteiger charge is -2.30. The zero-order chi connectivity index (χ0) is 26.3. The van der Waals surface area contributed by atoms with Crippen molar-refractivity contribution in [1.29, 1.82) is 0 Å². The van der Waals surface area contributed by atoms with E-state index >= 15 is 0 Å². The molecular formula is C32H23BrN2O2S2. The van der Waals surface area contributed by atoms with Gasteiger partial charge in [0.2, 0.25) is 0 Å². The number of allylic oxidation sites excluding steroid dienone is 1. The largest absolute Gasteiger partial charge is 0.488 e. The van der Waals surface area contributed by atoms with Crippen molar-refractivity contribution < 1.29 is 4.74 Å². The van der Waals surface area contributed by atoms with Gasteiger partial charge in [0.1, 0.15) is 12.4 Å². The van der Waals surface area contributed by atoms with Crippen LogP contribution in [0.5, 0.6) is 5.75 Å². The molecule has 0 spiro atoms. The van der Waals surface area contributed by atoms with Crippen molar-refractivity contribution >= 4 is 50.4 Å². The molecule has 3 aromatic carbocycles. The Morgan fingerprint density at radius 3 is 2.67 bits per heavy atom. The zero-order valence-electron chi connectivity index (χ0n) is 20.8. The minimum Gasteiger partial charge on any atom is -0.488 e.